The molecule has 0 aromatic heterocycles. The molecule has 0 aliphatic rings. The minimum Gasteiger partial charge on any atom is -0.493 e. The molecule has 0 spiro atoms. The lowest BCUT2D eigenvalue weighted by atomic mass is 10.2. The third kappa shape index (κ3) is 3.86. The van der Waals surface area contributed by atoms with E-state index in [0.717, 1.165) is 16.8 Å². The highest BCUT2D eigenvalue weighted by molar-refractivity contribution is 6.31. The quantitative estimate of drug-likeness (QED) is 0.479. The van der Waals surface area contributed by atoms with Gasteiger partial charge in [0.15, 0.2) is 11.5 Å². The van der Waals surface area contributed by atoms with Crippen LogP contribution in [-0.4, -0.2) is 19.3 Å². The van der Waals surface area contributed by atoms with Gasteiger partial charge in [-0.15, -0.1) is 0 Å². The maximum atomic E-state index is 11.0. The first-order chi connectivity index (χ1) is 10.5. The number of halogens is 1. The molecule has 0 amide bonds. The number of aliphatic imine (C=N–C) groups is 1. The van der Waals surface area contributed by atoms with E-state index in [4.69, 9.17) is 21.1 Å². The molecule has 2 aromatic carbocycles. The summed E-state index contributed by atoms with van der Waals surface area (Å²) in [6.45, 7) is 3.26. The van der Waals surface area contributed by atoms with Crippen molar-refractivity contribution in [1.82, 2.24) is 0 Å². The van der Waals surface area contributed by atoms with Gasteiger partial charge in [-0.25, -0.2) is 0 Å². The van der Waals surface area contributed by atoms with Gasteiger partial charge in [0.05, 0.1) is 12.8 Å². The zero-order chi connectivity index (χ0) is 16.1. The van der Waals surface area contributed by atoms with E-state index in [2.05, 4.69) is 4.99 Å². The zero-order valence-corrected chi connectivity index (χ0v) is 13.3. The normalized spacial score (nSPS) is 10.7. The summed E-state index contributed by atoms with van der Waals surface area (Å²) in [6, 6.07) is 10.8. The van der Waals surface area contributed by atoms with Crippen LogP contribution < -0.4 is 9.47 Å². The summed E-state index contributed by atoms with van der Waals surface area (Å²) in [5, 5.41) is 0.678. The monoisotopic (exact) mass is 317 g/mol. The summed E-state index contributed by atoms with van der Waals surface area (Å²) in [7, 11) is 1.52. The summed E-state index contributed by atoms with van der Waals surface area (Å²) in [4.78, 5) is 15.5. The van der Waals surface area contributed by atoms with Gasteiger partial charge in [-0.3, -0.25) is 9.79 Å². The SMILES string of the molecule is COc1cc(C=Nc2cccc(Cl)c2C)ccc1OC(C)=O. The minimum atomic E-state index is -0.394. The molecule has 114 valence electrons. The van der Waals surface area contributed by atoms with Gasteiger partial charge in [0.25, 0.3) is 0 Å². The van der Waals surface area contributed by atoms with Crippen LogP contribution in [0.5, 0.6) is 11.5 Å². The van der Waals surface area contributed by atoms with Gasteiger partial charge in [0.1, 0.15) is 0 Å². The van der Waals surface area contributed by atoms with Crippen LogP contribution in [0.4, 0.5) is 5.69 Å². The van der Waals surface area contributed by atoms with E-state index in [1.54, 1.807) is 24.4 Å². The molecule has 0 atom stereocenters. The van der Waals surface area contributed by atoms with E-state index in [1.165, 1.54) is 14.0 Å². The molecular weight excluding hydrogens is 302 g/mol. The van der Waals surface area contributed by atoms with Crippen molar-refractivity contribution >= 4 is 29.5 Å². The number of methoxy groups -OCH3 is 1. The van der Waals surface area contributed by atoms with Gasteiger partial charge in [0.2, 0.25) is 0 Å². The number of rotatable bonds is 4. The topological polar surface area (TPSA) is 47.9 Å². The molecule has 0 aliphatic carbocycles. The molecule has 0 bridgehead atoms. The van der Waals surface area contributed by atoms with Crippen LogP contribution in [0.15, 0.2) is 41.4 Å². The smallest absolute Gasteiger partial charge is 0.308 e. The summed E-state index contributed by atoms with van der Waals surface area (Å²) in [5.41, 5.74) is 2.55. The highest BCUT2D eigenvalue weighted by Crippen LogP contribution is 2.29. The van der Waals surface area contributed by atoms with Crippen LogP contribution in [0.25, 0.3) is 0 Å². The van der Waals surface area contributed by atoms with Crippen molar-refractivity contribution in [3.8, 4) is 11.5 Å². The number of esters is 1. The third-order valence-corrected chi connectivity index (χ3v) is 3.44. The van der Waals surface area contributed by atoms with E-state index in [1.807, 2.05) is 25.1 Å². The number of carbonyl (C=O) groups excluding carboxylic acids is 1. The second-order valence-corrected chi connectivity index (χ2v) is 5.05. The van der Waals surface area contributed by atoms with Crippen molar-refractivity contribution in [3.05, 3.63) is 52.5 Å². The maximum absolute atomic E-state index is 11.0. The van der Waals surface area contributed by atoms with Gasteiger partial charge >= 0.3 is 5.97 Å². The molecular formula is C17H16ClNO3. The first-order valence-corrected chi connectivity index (χ1v) is 7.04. The van der Waals surface area contributed by atoms with Crippen LogP contribution in [0, 0.1) is 6.92 Å². The molecule has 0 unspecified atom stereocenters. The van der Waals surface area contributed by atoms with Crippen molar-refractivity contribution < 1.29 is 14.3 Å². The Kier molecular flexibility index (Phi) is 5.17. The summed E-state index contributed by atoms with van der Waals surface area (Å²) >= 11 is 6.07. The van der Waals surface area contributed by atoms with Crippen molar-refractivity contribution in [2.45, 2.75) is 13.8 Å². The van der Waals surface area contributed by atoms with Crippen molar-refractivity contribution in [3.63, 3.8) is 0 Å². The zero-order valence-electron chi connectivity index (χ0n) is 12.6. The fourth-order valence-electron chi connectivity index (χ4n) is 1.88. The summed E-state index contributed by atoms with van der Waals surface area (Å²) < 4.78 is 10.3. The van der Waals surface area contributed by atoms with E-state index in [9.17, 15) is 4.79 Å². The number of carbonyl (C=O) groups is 1. The van der Waals surface area contributed by atoms with E-state index >= 15 is 0 Å². The lowest BCUT2D eigenvalue weighted by Crippen LogP contribution is -2.03. The van der Waals surface area contributed by atoms with Gasteiger partial charge in [-0.05, 0) is 48.4 Å². The molecule has 4 nitrogen and oxygen atoms in total. The molecule has 5 heteroatoms. The Bertz CT molecular complexity index is 726. The summed E-state index contributed by atoms with van der Waals surface area (Å²) in [6.07, 6.45) is 1.71. The Balaban J connectivity index is 2.28. The standard InChI is InChI=1S/C17H16ClNO3/c1-11-14(18)5-4-6-15(11)19-10-13-7-8-16(22-12(2)20)17(9-13)21-3/h4-10H,1-3H3. The molecule has 2 rings (SSSR count). The lowest BCUT2D eigenvalue weighted by molar-refractivity contribution is -0.132. The van der Waals surface area contributed by atoms with Crippen LogP contribution in [-0.2, 0) is 4.79 Å². The average molecular weight is 318 g/mol. The molecule has 0 saturated heterocycles. The van der Waals surface area contributed by atoms with Crippen molar-refractivity contribution in [2.75, 3.05) is 7.11 Å². The van der Waals surface area contributed by atoms with Crippen LogP contribution in [0.2, 0.25) is 5.02 Å². The van der Waals surface area contributed by atoms with E-state index in [0.29, 0.717) is 16.5 Å². The Morgan fingerprint density at radius 3 is 2.68 bits per heavy atom. The second kappa shape index (κ2) is 7.09. The molecule has 0 radical (unpaired) electrons. The molecule has 2 aromatic rings. The van der Waals surface area contributed by atoms with Crippen molar-refractivity contribution in [1.29, 1.82) is 0 Å². The van der Waals surface area contributed by atoms with Crippen LogP contribution >= 0.6 is 11.6 Å². The molecule has 0 heterocycles. The van der Waals surface area contributed by atoms with Crippen LogP contribution in [0.3, 0.4) is 0 Å². The fourth-order valence-corrected chi connectivity index (χ4v) is 2.05. The van der Waals surface area contributed by atoms with E-state index in [-0.39, 0.29) is 0 Å². The maximum Gasteiger partial charge on any atom is 0.308 e. The first-order valence-electron chi connectivity index (χ1n) is 6.67. The number of hydrogen-bond donors (Lipinski definition) is 0. The van der Waals surface area contributed by atoms with Crippen LogP contribution in [0.1, 0.15) is 18.1 Å². The number of nitrogens with zero attached hydrogens (tertiary/aromatic N) is 1. The van der Waals surface area contributed by atoms with Gasteiger partial charge < -0.3 is 9.47 Å². The second-order valence-electron chi connectivity index (χ2n) is 4.65. The third-order valence-electron chi connectivity index (χ3n) is 3.03. The number of benzene rings is 2. The summed E-state index contributed by atoms with van der Waals surface area (Å²) in [5.74, 6) is 0.460. The lowest BCUT2D eigenvalue weighted by Gasteiger charge is -2.08. The Labute approximate surface area is 134 Å². The van der Waals surface area contributed by atoms with Gasteiger partial charge in [-0.2, -0.15) is 0 Å². The molecule has 0 N–H and O–H groups in total. The van der Waals surface area contributed by atoms with Gasteiger partial charge in [-0.1, -0.05) is 17.7 Å². The molecule has 0 fully saturated rings. The van der Waals surface area contributed by atoms with Crippen molar-refractivity contribution in [2.24, 2.45) is 4.99 Å². The molecule has 0 saturated carbocycles. The largest absolute Gasteiger partial charge is 0.493 e. The number of hydrogen-bond acceptors (Lipinski definition) is 4. The predicted molar refractivity (Wildman–Crippen MR) is 87.7 cm³/mol. The Morgan fingerprint density at radius 1 is 1.23 bits per heavy atom. The number of ether oxygens (including phenoxy) is 2. The molecule has 0 aliphatic heterocycles. The first kappa shape index (κ1) is 16.0. The Morgan fingerprint density at radius 2 is 2.00 bits per heavy atom. The fraction of sp³-hybridized carbons (Fsp3) is 0.176. The van der Waals surface area contributed by atoms with Gasteiger partial charge in [0, 0.05) is 18.2 Å². The molecule has 22 heavy (non-hydrogen) atoms. The highest BCUT2D eigenvalue weighted by Gasteiger charge is 2.07. The Hall–Kier alpha value is -2.33. The van der Waals surface area contributed by atoms with E-state index < -0.39 is 5.97 Å². The average Bonchev–Trinajstić information content (AvgIpc) is 2.49. The predicted octanol–water partition coefficient (Wildman–Crippen LogP) is 4.33. The minimum absolute atomic E-state index is 0.381. The highest BCUT2D eigenvalue weighted by atomic mass is 35.5.